The molecule has 6 aromatic rings. The molecule has 0 saturated carbocycles. The highest BCUT2D eigenvalue weighted by Crippen LogP contribution is 2.54. The van der Waals surface area contributed by atoms with Crippen LogP contribution in [0.1, 0.15) is 0 Å². The molecular formula is C36H34NO7P4+. The third kappa shape index (κ3) is 8.41. The van der Waals surface area contributed by atoms with Gasteiger partial charge in [0.1, 0.15) is 0 Å². The van der Waals surface area contributed by atoms with E-state index in [1.165, 1.54) is 31.8 Å². The molecular weight excluding hydrogens is 682 g/mol. The fourth-order valence-electron chi connectivity index (χ4n) is 5.41. The van der Waals surface area contributed by atoms with Crippen molar-refractivity contribution in [1.82, 2.24) is 4.17 Å². The van der Waals surface area contributed by atoms with Crippen molar-refractivity contribution in [1.29, 1.82) is 0 Å². The van der Waals surface area contributed by atoms with Gasteiger partial charge in [-0.2, -0.15) is 4.31 Å². The Labute approximate surface area is 280 Å². The summed E-state index contributed by atoms with van der Waals surface area (Å²) < 4.78 is 28.6. The fourth-order valence-corrected chi connectivity index (χ4v) is 16.0. The van der Waals surface area contributed by atoms with Gasteiger partial charge in [-0.15, -0.1) is 4.17 Å². The predicted octanol–water partition coefficient (Wildman–Crippen LogP) is 5.60. The lowest BCUT2D eigenvalue weighted by Gasteiger charge is -2.20. The minimum absolute atomic E-state index is 1.26. The van der Waals surface area contributed by atoms with Crippen molar-refractivity contribution in [2.45, 2.75) is 0 Å². The SMILES string of the molecule is O=P(O)(O)OP(=O)(O)O.c1ccc(P(=[N+]=P(c2ccccc2)(c2ccccc2)c2ccccc2)(c2ccccc2)c2ccccc2)cc1. The van der Waals surface area contributed by atoms with E-state index in [2.05, 4.69) is 186 Å². The molecule has 0 radical (unpaired) electrons. The third-order valence-electron chi connectivity index (χ3n) is 7.26. The number of hydrogen-bond acceptors (Lipinski definition) is 3. The summed E-state index contributed by atoms with van der Waals surface area (Å²) in [6, 6.07) is 65.7. The van der Waals surface area contributed by atoms with Gasteiger partial charge in [-0.3, -0.25) is 0 Å². The minimum atomic E-state index is -5.05. The average molecular weight is 717 g/mol. The maximum Gasteiger partial charge on any atom is 0.478 e. The third-order valence-corrected chi connectivity index (χ3v) is 17.4. The molecule has 0 aliphatic carbocycles. The Morgan fingerprint density at radius 3 is 0.625 bits per heavy atom. The van der Waals surface area contributed by atoms with Crippen molar-refractivity contribution in [3.8, 4) is 0 Å². The van der Waals surface area contributed by atoms with Gasteiger partial charge in [0.15, 0.2) is 0 Å². The summed E-state index contributed by atoms with van der Waals surface area (Å²) in [7, 11) is -15.1. The molecule has 6 aromatic carbocycles. The Kier molecular flexibility index (Phi) is 11.5. The molecule has 0 aliphatic rings. The number of phosphoric acid groups is 2. The summed E-state index contributed by atoms with van der Waals surface area (Å²) in [6.45, 7) is 0. The first kappa shape index (κ1) is 35.5. The van der Waals surface area contributed by atoms with Crippen LogP contribution in [0, 0.1) is 0 Å². The summed E-state index contributed by atoms with van der Waals surface area (Å²) >= 11 is 0. The van der Waals surface area contributed by atoms with E-state index in [0.717, 1.165) is 0 Å². The molecule has 0 spiro atoms. The molecule has 48 heavy (non-hydrogen) atoms. The zero-order valence-corrected chi connectivity index (χ0v) is 29.1. The van der Waals surface area contributed by atoms with Gasteiger partial charge in [0.2, 0.25) is 0 Å². The predicted molar refractivity (Wildman–Crippen MR) is 198 cm³/mol. The van der Waals surface area contributed by atoms with E-state index in [1.807, 2.05) is 0 Å². The van der Waals surface area contributed by atoms with E-state index in [4.69, 9.17) is 23.7 Å². The zero-order valence-electron chi connectivity index (χ0n) is 25.6. The smallest absolute Gasteiger partial charge is 0.302 e. The van der Waals surface area contributed by atoms with Crippen LogP contribution in [0.2, 0.25) is 0 Å². The lowest BCUT2D eigenvalue weighted by atomic mass is 10.4. The summed E-state index contributed by atoms with van der Waals surface area (Å²) in [5.74, 6) is 0. The van der Waals surface area contributed by atoms with Crippen LogP contribution in [-0.2, 0) is 13.4 Å². The summed E-state index contributed by atoms with van der Waals surface area (Å²) in [6.07, 6.45) is 0. The molecule has 8 nitrogen and oxygen atoms in total. The first-order valence-electron chi connectivity index (χ1n) is 14.7. The Hall–Kier alpha value is -3.85. The van der Waals surface area contributed by atoms with Crippen molar-refractivity contribution < 1.29 is 33.0 Å². The lowest BCUT2D eigenvalue weighted by Crippen LogP contribution is -2.31. The normalized spacial score (nSPS) is 11.9. The van der Waals surface area contributed by atoms with Crippen molar-refractivity contribution in [2.75, 3.05) is 0 Å². The highest BCUT2D eigenvalue weighted by atomic mass is 31.3. The topological polar surface area (TPSA) is 138 Å². The van der Waals surface area contributed by atoms with Crippen LogP contribution in [0.3, 0.4) is 0 Å². The Balaban J connectivity index is 0.000000441. The summed E-state index contributed by atoms with van der Waals surface area (Å²) in [5.41, 5.74) is 0. The average Bonchev–Trinajstić information content (AvgIpc) is 3.10. The second-order valence-electron chi connectivity index (χ2n) is 10.4. The molecule has 12 heteroatoms. The van der Waals surface area contributed by atoms with E-state index in [-0.39, 0.29) is 0 Å². The molecule has 0 amide bonds. The number of hydrogen-bond donors (Lipinski definition) is 4. The first-order chi connectivity index (χ1) is 23.0. The van der Waals surface area contributed by atoms with Crippen LogP contribution in [0.5, 0.6) is 0 Å². The van der Waals surface area contributed by atoms with Crippen LogP contribution < -0.4 is 36.0 Å². The molecule has 0 bridgehead atoms. The Morgan fingerprint density at radius 2 is 0.500 bits per heavy atom. The van der Waals surface area contributed by atoms with Gasteiger partial charge in [-0.25, -0.2) is 9.13 Å². The van der Waals surface area contributed by atoms with Crippen LogP contribution in [-0.4, -0.2) is 19.6 Å². The van der Waals surface area contributed by atoms with E-state index in [0.29, 0.717) is 0 Å². The number of nitrogens with zero attached hydrogens (tertiary/aromatic N) is 1. The molecule has 6 rings (SSSR count). The van der Waals surface area contributed by atoms with Crippen LogP contribution in [0.15, 0.2) is 182 Å². The highest BCUT2D eigenvalue weighted by molar-refractivity contribution is 7.93. The lowest BCUT2D eigenvalue weighted by molar-refractivity contribution is 0.225. The summed E-state index contributed by atoms with van der Waals surface area (Å²) in [5, 5.41) is 7.55. The monoisotopic (exact) mass is 716 g/mol. The molecule has 0 unspecified atom stereocenters. The van der Waals surface area contributed by atoms with E-state index in [9.17, 15) is 9.13 Å². The summed E-state index contributed by atoms with van der Waals surface area (Å²) in [4.78, 5) is 31.0. The van der Waals surface area contributed by atoms with Crippen molar-refractivity contribution in [3.63, 3.8) is 0 Å². The molecule has 244 valence electrons. The van der Waals surface area contributed by atoms with Gasteiger partial charge < -0.3 is 19.6 Å². The largest absolute Gasteiger partial charge is 0.478 e. The molecule has 0 atom stereocenters. The molecule has 0 aliphatic heterocycles. The second kappa shape index (κ2) is 15.6. The van der Waals surface area contributed by atoms with Gasteiger partial charge in [0, 0.05) is 0 Å². The van der Waals surface area contributed by atoms with Gasteiger partial charge in [-0.05, 0) is 72.8 Å². The quantitative estimate of drug-likeness (QED) is 0.119. The van der Waals surface area contributed by atoms with Crippen molar-refractivity contribution in [3.05, 3.63) is 182 Å². The second-order valence-corrected chi connectivity index (χ2v) is 19.4. The van der Waals surface area contributed by atoms with Gasteiger partial charge in [-0.1, -0.05) is 109 Å². The number of benzene rings is 6. The van der Waals surface area contributed by atoms with Crippen molar-refractivity contribution in [2.24, 2.45) is 0 Å². The highest BCUT2D eigenvalue weighted by Gasteiger charge is 2.44. The standard InChI is InChI=1S/C36H30NP2.H4O7P2/c1-7-19-31(20-8-1)38(32-21-9-2-10-22-32,33-23-11-3-12-24-33)37-39(34-25-13-4-14-26-34,35-27-15-5-16-28-35)36-29-17-6-18-30-36;1-8(2,3)7-9(4,5)6/h1-30H;(H2,1,2,3)(H2,4,5,6)/q+1;. The maximum atomic E-state index is 9.63. The Bertz CT molecular complexity index is 1780. The fraction of sp³-hybridized carbons (Fsp3) is 0. The van der Waals surface area contributed by atoms with E-state index in [1.54, 1.807) is 0 Å². The molecule has 4 N–H and O–H groups in total. The van der Waals surface area contributed by atoms with Gasteiger partial charge in [0.25, 0.3) is 0 Å². The zero-order chi connectivity index (χ0) is 34.1. The van der Waals surface area contributed by atoms with Gasteiger partial charge in [0.05, 0.1) is 31.8 Å². The van der Waals surface area contributed by atoms with Crippen LogP contribution in [0.25, 0.3) is 0 Å². The molecule has 0 saturated heterocycles. The number of rotatable bonds is 8. The molecule has 0 heterocycles. The maximum absolute atomic E-state index is 9.63. The van der Waals surface area contributed by atoms with E-state index < -0.39 is 29.8 Å². The van der Waals surface area contributed by atoms with E-state index >= 15 is 0 Å². The molecule has 0 fully saturated rings. The Morgan fingerprint density at radius 1 is 0.333 bits per heavy atom. The van der Waals surface area contributed by atoms with Gasteiger partial charge >= 0.3 is 29.8 Å². The van der Waals surface area contributed by atoms with Crippen LogP contribution >= 0.6 is 29.8 Å². The minimum Gasteiger partial charge on any atom is -0.302 e. The first-order valence-corrected chi connectivity index (χ1v) is 21.3. The van der Waals surface area contributed by atoms with Crippen LogP contribution in [0.4, 0.5) is 0 Å². The molecule has 0 aromatic heterocycles. The van der Waals surface area contributed by atoms with Crippen molar-refractivity contribution >= 4 is 61.6 Å².